The first-order valence-corrected chi connectivity index (χ1v) is 12.2. The summed E-state index contributed by atoms with van der Waals surface area (Å²) in [6, 6.07) is 21.9. The number of thiazole rings is 1. The first-order valence-electron chi connectivity index (χ1n) is 10.5. The summed E-state index contributed by atoms with van der Waals surface area (Å²) in [5.74, 6) is 1.69. The van der Waals surface area contributed by atoms with Crippen LogP contribution in [0.5, 0.6) is 17.2 Å². The number of nitrogens with zero attached hydrogens (tertiary/aromatic N) is 3. The second-order valence-corrected chi connectivity index (χ2v) is 8.89. The lowest BCUT2D eigenvalue weighted by Crippen LogP contribution is -2.12. The predicted molar refractivity (Wildman–Crippen MR) is 140 cm³/mol. The lowest BCUT2D eigenvalue weighted by molar-refractivity contribution is 0.324. The Bertz CT molecular complexity index is 1340. The zero-order valence-electron chi connectivity index (χ0n) is 19.1. The van der Waals surface area contributed by atoms with Crippen molar-refractivity contribution in [2.75, 3.05) is 21.3 Å². The molecule has 1 heterocycles. The van der Waals surface area contributed by atoms with Gasteiger partial charge in [0.05, 0.1) is 39.8 Å². The molecule has 4 rings (SSSR count). The Morgan fingerprint density at radius 3 is 2.24 bits per heavy atom. The minimum absolute atomic E-state index is 0.543. The molecule has 0 unspecified atom stereocenters. The number of rotatable bonds is 8. The van der Waals surface area contributed by atoms with Gasteiger partial charge in [-0.05, 0) is 23.8 Å². The van der Waals surface area contributed by atoms with Crippen LogP contribution < -0.4 is 19.0 Å². The van der Waals surface area contributed by atoms with Crippen molar-refractivity contribution in [1.82, 2.24) is 4.68 Å². The molecule has 8 heteroatoms. The Kier molecular flexibility index (Phi) is 7.82. The van der Waals surface area contributed by atoms with Gasteiger partial charge in [0.2, 0.25) is 10.6 Å². The molecule has 0 N–H and O–H groups in total. The van der Waals surface area contributed by atoms with Crippen LogP contribution in [0.3, 0.4) is 0 Å². The van der Waals surface area contributed by atoms with E-state index in [0.717, 1.165) is 31.7 Å². The van der Waals surface area contributed by atoms with Gasteiger partial charge >= 0.3 is 0 Å². The van der Waals surface area contributed by atoms with E-state index in [1.54, 1.807) is 21.3 Å². The van der Waals surface area contributed by atoms with Crippen LogP contribution in [0, 0.1) is 0 Å². The summed E-state index contributed by atoms with van der Waals surface area (Å²) in [6.07, 6.45) is 1.82. The highest BCUT2D eigenvalue weighted by Crippen LogP contribution is 2.41. The normalized spacial score (nSPS) is 11.7. The predicted octanol–water partition coefficient (Wildman–Crippen LogP) is 5.99. The molecule has 6 nitrogen and oxygen atoms in total. The van der Waals surface area contributed by atoms with Crippen molar-refractivity contribution < 1.29 is 14.2 Å². The van der Waals surface area contributed by atoms with Crippen LogP contribution >= 0.6 is 27.3 Å². The lowest BCUT2D eigenvalue weighted by atomic mass is 10.1. The summed E-state index contributed by atoms with van der Waals surface area (Å²) < 4.78 is 19.4. The van der Waals surface area contributed by atoms with Crippen molar-refractivity contribution in [2.24, 2.45) is 10.1 Å². The van der Waals surface area contributed by atoms with E-state index in [-0.39, 0.29) is 0 Å². The van der Waals surface area contributed by atoms with E-state index < -0.39 is 0 Å². The third kappa shape index (κ3) is 5.24. The number of hydrogen-bond acceptors (Lipinski definition) is 6. The van der Waals surface area contributed by atoms with Gasteiger partial charge in [-0.15, -0.1) is 11.3 Å². The minimum Gasteiger partial charge on any atom is -0.493 e. The SMILES string of the molecule is COc1cc(-c2csc(=NCc3ccccc3)n2N=Cc2ccccc2Br)cc(OC)c1OC. The monoisotopic (exact) mass is 537 g/mol. The molecule has 0 atom stereocenters. The van der Waals surface area contributed by atoms with Gasteiger partial charge < -0.3 is 14.2 Å². The van der Waals surface area contributed by atoms with Gasteiger partial charge in [0, 0.05) is 21.0 Å². The highest BCUT2D eigenvalue weighted by Gasteiger charge is 2.17. The van der Waals surface area contributed by atoms with Crippen molar-refractivity contribution >= 4 is 33.5 Å². The van der Waals surface area contributed by atoms with E-state index in [1.165, 1.54) is 11.3 Å². The maximum Gasteiger partial charge on any atom is 0.206 e. The molecular weight excluding hydrogens is 514 g/mol. The molecule has 0 saturated carbocycles. The standard InChI is InChI=1S/C26H24BrN3O3S/c1-31-23-13-20(14-24(32-2)25(23)33-3)22-17-34-26(28-15-18-9-5-4-6-10-18)30(22)29-16-19-11-7-8-12-21(19)27/h4-14,16-17H,15H2,1-3H3. The maximum absolute atomic E-state index is 5.56. The second-order valence-electron chi connectivity index (χ2n) is 7.20. The zero-order chi connectivity index (χ0) is 23.9. The smallest absolute Gasteiger partial charge is 0.206 e. The number of benzene rings is 3. The molecule has 0 aliphatic rings. The summed E-state index contributed by atoms with van der Waals surface area (Å²) in [4.78, 5) is 5.62. The summed E-state index contributed by atoms with van der Waals surface area (Å²) >= 11 is 5.11. The number of hydrogen-bond donors (Lipinski definition) is 0. The van der Waals surface area contributed by atoms with Gasteiger partial charge in [-0.2, -0.15) is 5.10 Å². The topological polar surface area (TPSA) is 57.3 Å². The third-order valence-electron chi connectivity index (χ3n) is 5.10. The summed E-state index contributed by atoms with van der Waals surface area (Å²) in [7, 11) is 4.80. The summed E-state index contributed by atoms with van der Waals surface area (Å²) in [5.41, 5.74) is 3.83. The van der Waals surface area contributed by atoms with E-state index >= 15 is 0 Å². The van der Waals surface area contributed by atoms with E-state index in [9.17, 15) is 0 Å². The number of methoxy groups -OCH3 is 3. The highest BCUT2D eigenvalue weighted by atomic mass is 79.9. The maximum atomic E-state index is 5.56. The molecule has 0 aliphatic carbocycles. The highest BCUT2D eigenvalue weighted by molar-refractivity contribution is 9.10. The van der Waals surface area contributed by atoms with Gasteiger partial charge in [-0.3, -0.25) is 4.99 Å². The van der Waals surface area contributed by atoms with Gasteiger partial charge in [0.25, 0.3) is 0 Å². The Morgan fingerprint density at radius 1 is 0.912 bits per heavy atom. The summed E-state index contributed by atoms with van der Waals surface area (Å²) in [5, 5.41) is 6.83. The molecule has 1 aromatic heterocycles. The zero-order valence-corrected chi connectivity index (χ0v) is 21.5. The van der Waals surface area contributed by atoms with Crippen LogP contribution in [0.2, 0.25) is 0 Å². The van der Waals surface area contributed by atoms with Gasteiger partial charge in [-0.25, -0.2) is 4.68 Å². The third-order valence-corrected chi connectivity index (χ3v) is 6.68. The molecular formula is C26H24BrN3O3S. The molecule has 0 saturated heterocycles. The van der Waals surface area contributed by atoms with Gasteiger partial charge in [0.1, 0.15) is 0 Å². The molecule has 3 aromatic carbocycles. The van der Waals surface area contributed by atoms with Crippen LogP contribution in [0.25, 0.3) is 11.3 Å². The van der Waals surface area contributed by atoms with Crippen molar-refractivity contribution in [3.05, 3.63) is 92.5 Å². The molecule has 0 amide bonds. The minimum atomic E-state index is 0.543. The van der Waals surface area contributed by atoms with Gasteiger partial charge in [0.15, 0.2) is 11.5 Å². The Labute approximate surface area is 210 Å². The number of halogens is 1. The van der Waals surface area contributed by atoms with Gasteiger partial charge in [-0.1, -0.05) is 64.5 Å². The van der Waals surface area contributed by atoms with Crippen LogP contribution in [0.15, 0.2) is 86.7 Å². The molecule has 0 spiro atoms. The van der Waals surface area contributed by atoms with Crippen LogP contribution in [-0.2, 0) is 6.54 Å². The second kappa shape index (κ2) is 11.2. The fraction of sp³-hybridized carbons (Fsp3) is 0.154. The number of aromatic nitrogens is 1. The first kappa shape index (κ1) is 23.8. The number of ether oxygens (including phenoxy) is 3. The van der Waals surface area contributed by atoms with Crippen LogP contribution in [0.1, 0.15) is 11.1 Å². The molecule has 0 aliphatic heterocycles. The molecule has 0 radical (unpaired) electrons. The Balaban J connectivity index is 1.85. The fourth-order valence-electron chi connectivity index (χ4n) is 3.39. The van der Waals surface area contributed by atoms with E-state index in [2.05, 4.69) is 28.1 Å². The largest absolute Gasteiger partial charge is 0.493 e. The van der Waals surface area contributed by atoms with E-state index in [4.69, 9.17) is 24.3 Å². The molecule has 34 heavy (non-hydrogen) atoms. The van der Waals surface area contributed by atoms with Crippen LogP contribution in [-0.4, -0.2) is 32.2 Å². The van der Waals surface area contributed by atoms with Crippen LogP contribution in [0.4, 0.5) is 0 Å². The van der Waals surface area contributed by atoms with Crippen molar-refractivity contribution in [3.8, 4) is 28.5 Å². The van der Waals surface area contributed by atoms with Crippen molar-refractivity contribution in [1.29, 1.82) is 0 Å². The Morgan fingerprint density at radius 2 is 1.59 bits per heavy atom. The molecule has 4 aromatic rings. The fourth-order valence-corrected chi connectivity index (χ4v) is 4.61. The lowest BCUT2D eigenvalue weighted by Gasteiger charge is -2.14. The van der Waals surface area contributed by atoms with Crippen molar-refractivity contribution in [2.45, 2.75) is 6.54 Å². The quantitative estimate of drug-likeness (QED) is 0.259. The van der Waals surface area contributed by atoms with E-state index in [0.29, 0.717) is 23.8 Å². The molecule has 174 valence electrons. The average molecular weight is 538 g/mol. The molecule has 0 fully saturated rings. The Hall–Kier alpha value is -3.36. The first-order chi connectivity index (χ1) is 16.6. The summed E-state index contributed by atoms with van der Waals surface area (Å²) in [6.45, 7) is 0.556. The van der Waals surface area contributed by atoms with Crippen molar-refractivity contribution in [3.63, 3.8) is 0 Å². The average Bonchev–Trinajstić information content (AvgIpc) is 3.29. The molecule has 0 bridgehead atoms. The van der Waals surface area contributed by atoms with E-state index in [1.807, 2.05) is 70.9 Å².